The Morgan fingerprint density at radius 2 is 1.84 bits per heavy atom. The number of nitrogens with zero attached hydrogens (tertiary/aromatic N) is 6. The normalized spacial score (nSPS) is 19.1. The lowest BCUT2D eigenvalue weighted by Gasteiger charge is -2.32. The van der Waals surface area contributed by atoms with E-state index in [1.807, 2.05) is 0 Å². The molecule has 0 spiro atoms. The Morgan fingerprint density at radius 1 is 1.09 bits per heavy atom. The SMILES string of the molecule is CS(=O)(=O)N1CCN(Cc2cc3nc(-c4cnc(N)s4)nc(N4CCOCC4)c3s2)CC1. The summed E-state index contributed by atoms with van der Waals surface area (Å²) in [4.78, 5) is 20.5. The predicted octanol–water partition coefficient (Wildman–Crippen LogP) is 1.31. The van der Waals surface area contributed by atoms with Gasteiger partial charge in [0.1, 0.15) is 0 Å². The van der Waals surface area contributed by atoms with Crippen molar-refractivity contribution < 1.29 is 13.2 Å². The standard InChI is InChI=1S/C19H25N7O3S3/c1-32(27,28)26-4-2-24(3-5-26)12-13-10-14-16(30-13)18(25-6-8-29-9-7-25)23-17(22-14)15-11-21-19(20)31-15/h10-11H,2-9,12H2,1H3,(H2,20,21). The second-order valence-corrected chi connectivity index (χ2v) is 12.1. The molecule has 2 saturated heterocycles. The number of rotatable bonds is 5. The van der Waals surface area contributed by atoms with E-state index in [9.17, 15) is 8.42 Å². The zero-order valence-electron chi connectivity index (χ0n) is 17.7. The number of morpholine rings is 1. The van der Waals surface area contributed by atoms with Crippen molar-refractivity contribution in [2.45, 2.75) is 6.54 Å². The number of hydrogen-bond donors (Lipinski definition) is 1. The molecule has 0 bridgehead atoms. The average molecular weight is 496 g/mol. The summed E-state index contributed by atoms with van der Waals surface area (Å²) in [5, 5.41) is 0.496. The van der Waals surface area contributed by atoms with Gasteiger partial charge in [0.05, 0.1) is 40.8 Å². The maximum Gasteiger partial charge on any atom is 0.211 e. The molecule has 0 aliphatic carbocycles. The summed E-state index contributed by atoms with van der Waals surface area (Å²) in [6.45, 7) is 6.19. The summed E-state index contributed by atoms with van der Waals surface area (Å²) in [5.41, 5.74) is 6.75. The summed E-state index contributed by atoms with van der Waals surface area (Å²) < 4.78 is 31.7. The monoisotopic (exact) mass is 495 g/mol. The van der Waals surface area contributed by atoms with Crippen LogP contribution in [0, 0.1) is 0 Å². The largest absolute Gasteiger partial charge is 0.378 e. The highest BCUT2D eigenvalue weighted by atomic mass is 32.2. The average Bonchev–Trinajstić information content (AvgIpc) is 3.39. The number of fused-ring (bicyclic) bond motifs is 1. The van der Waals surface area contributed by atoms with Gasteiger partial charge in [-0.05, 0) is 6.07 Å². The van der Waals surface area contributed by atoms with Crippen LogP contribution in [0.1, 0.15) is 4.88 Å². The van der Waals surface area contributed by atoms with Crippen molar-refractivity contribution in [2.75, 3.05) is 69.4 Å². The van der Waals surface area contributed by atoms with Gasteiger partial charge < -0.3 is 15.4 Å². The van der Waals surface area contributed by atoms with E-state index in [2.05, 4.69) is 20.9 Å². The summed E-state index contributed by atoms with van der Waals surface area (Å²) in [6, 6.07) is 2.13. The van der Waals surface area contributed by atoms with Crippen LogP contribution in [0.4, 0.5) is 10.9 Å². The Balaban J connectivity index is 1.44. The molecule has 0 atom stereocenters. The van der Waals surface area contributed by atoms with Gasteiger partial charge in [-0.2, -0.15) is 4.31 Å². The molecule has 2 aliphatic heterocycles. The van der Waals surface area contributed by atoms with Crippen LogP contribution in [0.2, 0.25) is 0 Å². The molecule has 3 aromatic rings. The molecular formula is C19H25N7O3S3. The molecular weight excluding hydrogens is 470 g/mol. The fourth-order valence-corrected chi connectivity index (χ4v) is 6.57. The fraction of sp³-hybridized carbons (Fsp3) is 0.526. The minimum absolute atomic E-state index is 0.496. The number of sulfonamides is 1. The van der Waals surface area contributed by atoms with Crippen LogP contribution in [0.25, 0.3) is 20.9 Å². The molecule has 2 N–H and O–H groups in total. The molecule has 0 unspecified atom stereocenters. The van der Waals surface area contributed by atoms with E-state index in [0.717, 1.165) is 40.5 Å². The number of ether oxygens (including phenoxy) is 1. The minimum atomic E-state index is -3.13. The third-order valence-corrected chi connectivity index (χ3v) is 8.87. The number of thiophene rings is 1. The van der Waals surface area contributed by atoms with Gasteiger partial charge in [-0.15, -0.1) is 11.3 Å². The Hall–Kier alpha value is -1.90. The number of nitrogens with two attached hydrogens (primary N) is 1. The van der Waals surface area contributed by atoms with Crippen molar-refractivity contribution in [1.29, 1.82) is 0 Å². The highest BCUT2D eigenvalue weighted by molar-refractivity contribution is 7.88. The molecule has 13 heteroatoms. The number of piperazine rings is 1. The van der Waals surface area contributed by atoms with Crippen molar-refractivity contribution >= 4 is 53.9 Å². The summed E-state index contributed by atoms with van der Waals surface area (Å²) in [5.74, 6) is 1.57. The van der Waals surface area contributed by atoms with Gasteiger partial charge in [0.2, 0.25) is 10.0 Å². The van der Waals surface area contributed by atoms with Gasteiger partial charge in [-0.25, -0.2) is 23.4 Å². The first kappa shape index (κ1) is 21.9. The van der Waals surface area contributed by atoms with Gasteiger partial charge in [-0.3, -0.25) is 4.90 Å². The molecule has 0 aromatic carbocycles. The molecule has 2 fully saturated rings. The molecule has 0 radical (unpaired) electrons. The van der Waals surface area contributed by atoms with Crippen molar-refractivity contribution in [3.63, 3.8) is 0 Å². The van der Waals surface area contributed by atoms with Crippen molar-refractivity contribution in [2.24, 2.45) is 0 Å². The Labute approximate surface area is 194 Å². The maximum absolute atomic E-state index is 11.8. The van der Waals surface area contributed by atoms with Crippen LogP contribution in [-0.2, 0) is 21.3 Å². The van der Waals surface area contributed by atoms with E-state index in [0.29, 0.717) is 50.3 Å². The summed E-state index contributed by atoms with van der Waals surface area (Å²) in [7, 11) is -3.13. The zero-order chi connectivity index (χ0) is 22.3. The lowest BCUT2D eigenvalue weighted by molar-refractivity contribution is 0.122. The first-order valence-corrected chi connectivity index (χ1v) is 13.9. The lowest BCUT2D eigenvalue weighted by atomic mass is 10.3. The number of nitrogen functional groups attached to an aromatic ring is 1. The van der Waals surface area contributed by atoms with Crippen LogP contribution >= 0.6 is 22.7 Å². The Bertz CT molecular complexity index is 1210. The van der Waals surface area contributed by atoms with E-state index in [4.69, 9.17) is 20.4 Å². The second kappa shape index (κ2) is 8.80. The third-order valence-electron chi connectivity index (χ3n) is 5.64. The Kier molecular flexibility index (Phi) is 6.03. The molecule has 3 aromatic heterocycles. The lowest BCUT2D eigenvalue weighted by Crippen LogP contribution is -2.47. The second-order valence-electron chi connectivity index (χ2n) is 7.90. The first-order valence-electron chi connectivity index (χ1n) is 10.4. The molecule has 10 nitrogen and oxygen atoms in total. The molecule has 2 aliphatic rings. The van der Waals surface area contributed by atoms with Crippen molar-refractivity contribution in [3.8, 4) is 10.7 Å². The summed E-state index contributed by atoms with van der Waals surface area (Å²) >= 11 is 3.09. The van der Waals surface area contributed by atoms with Crippen LogP contribution in [0.5, 0.6) is 0 Å². The van der Waals surface area contributed by atoms with E-state index >= 15 is 0 Å². The first-order chi connectivity index (χ1) is 15.4. The highest BCUT2D eigenvalue weighted by Crippen LogP contribution is 2.36. The van der Waals surface area contributed by atoms with Crippen LogP contribution in [0.15, 0.2) is 12.3 Å². The predicted molar refractivity (Wildman–Crippen MR) is 128 cm³/mol. The molecule has 32 heavy (non-hydrogen) atoms. The van der Waals surface area contributed by atoms with Gasteiger partial charge in [0, 0.05) is 50.7 Å². The number of anilines is 2. The van der Waals surface area contributed by atoms with E-state index < -0.39 is 10.0 Å². The van der Waals surface area contributed by atoms with E-state index in [1.54, 1.807) is 21.8 Å². The van der Waals surface area contributed by atoms with E-state index in [1.165, 1.54) is 22.5 Å². The summed E-state index contributed by atoms with van der Waals surface area (Å²) in [6.07, 6.45) is 2.99. The van der Waals surface area contributed by atoms with Gasteiger partial charge in [0.15, 0.2) is 16.8 Å². The van der Waals surface area contributed by atoms with Gasteiger partial charge >= 0.3 is 0 Å². The molecule has 5 rings (SSSR count). The van der Waals surface area contributed by atoms with Crippen LogP contribution in [-0.4, -0.2) is 91.3 Å². The minimum Gasteiger partial charge on any atom is -0.378 e. The fourth-order valence-electron chi connectivity index (χ4n) is 3.97. The molecule has 172 valence electrons. The van der Waals surface area contributed by atoms with Crippen molar-refractivity contribution in [3.05, 3.63) is 17.1 Å². The van der Waals surface area contributed by atoms with E-state index in [-0.39, 0.29) is 0 Å². The number of hydrogen-bond acceptors (Lipinski definition) is 11. The van der Waals surface area contributed by atoms with Gasteiger partial charge in [0.25, 0.3) is 0 Å². The molecule has 5 heterocycles. The zero-order valence-corrected chi connectivity index (χ0v) is 20.2. The van der Waals surface area contributed by atoms with Crippen molar-refractivity contribution in [1.82, 2.24) is 24.2 Å². The van der Waals surface area contributed by atoms with Gasteiger partial charge in [-0.1, -0.05) is 11.3 Å². The topological polar surface area (TPSA) is 118 Å². The Morgan fingerprint density at radius 3 is 2.50 bits per heavy atom. The quantitative estimate of drug-likeness (QED) is 0.559. The van der Waals surface area contributed by atoms with Crippen LogP contribution in [0.3, 0.4) is 0 Å². The third kappa shape index (κ3) is 4.58. The molecule has 0 saturated carbocycles. The highest BCUT2D eigenvalue weighted by Gasteiger charge is 2.25. The number of thiazole rings is 1. The van der Waals surface area contributed by atoms with Crippen LogP contribution < -0.4 is 10.6 Å². The maximum atomic E-state index is 11.8. The smallest absolute Gasteiger partial charge is 0.211 e. The molecule has 0 amide bonds. The number of aromatic nitrogens is 3.